The highest BCUT2D eigenvalue weighted by molar-refractivity contribution is 7.71. The van der Waals surface area contributed by atoms with E-state index >= 15 is 0 Å². The standard InChI is InChI=1S/C19H17N3O3S2/c1-2-11-10-14-15(27-11)20-19(26)22(18(14)25)9-5-8-21-16(23)12-6-3-4-7-13(12)17(21)24/h3-4,6-7,10H,2,5,8-9H2,1H3,(H,20,26). The fourth-order valence-electron chi connectivity index (χ4n) is 3.30. The molecule has 1 aromatic carbocycles. The molecule has 0 spiro atoms. The average molecular weight is 399 g/mol. The van der Waals surface area contributed by atoms with E-state index in [0.717, 1.165) is 16.1 Å². The molecule has 3 aromatic rings. The third-order valence-corrected chi connectivity index (χ3v) is 6.23. The summed E-state index contributed by atoms with van der Waals surface area (Å²) in [6.45, 7) is 2.63. The minimum Gasteiger partial charge on any atom is -0.323 e. The number of fused-ring (bicyclic) bond motifs is 2. The molecule has 0 bridgehead atoms. The zero-order chi connectivity index (χ0) is 19.1. The predicted octanol–water partition coefficient (Wildman–Crippen LogP) is 3.37. The topological polar surface area (TPSA) is 75.2 Å². The zero-order valence-electron chi connectivity index (χ0n) is 14.7. The SMILES string of the molecule is CCc1cc2c(=O)n(CCCN3C(=O)c4ccccc4C3=O)c(=S)[nH]c2s1. The first-order valence-corrected chi connectivity index (χ1v) is 9.94. The molecule has 6 nitrogen and oxygen atoms in total. The Bertz CT molecular complexity index is 1150. The maximum Gasteiger partial charge on any atom is 0.263 e. The monoisotopic (exact) mass is 399 g/mol. The highest BCUT2D eigenvalue weighted by atomic mass is 32.1. The van der Waals surface area contributed by atoms with Crippen LogP contribution in [0, 0.1) is 4.77 Å². The van der Waals surface area contributed by atoms with Crippen LogP contribution in [0.15, 0.2) is 35.1 Å². The molecule has 0 atom stereocenters. The molecule has 0 saturated carbocycles. The highest BCUT2D eigenvalue weighted by Crippen LogP contribution is 2.23. The normalized spacial score (nSPS) is 13.6. The van der Waals surface area contributed by atoms with Crippen LogP contribution in [0.4, 0.5) is 0 Å². The van der Waals surface area contributed by atoms with Crippen LogP contribution in [0.3, 0.4) is 0 Å². The number of carbonyl (C=O) groups excluding carboxylic acids is 2. The van der Waals surface area contributed by atoms with Crippen LogP contribution in [0.2, 0.25) is 0 Å². The van der Waals surface area contributed by atoms with Crippen molar-refractivity contribution >= 4 is 45.6 Å². The van der Waals surface area contributed by atoms with Crippen molar-refractivity contribution in [2.45, 2.75) is 26.3 Å². The van der Waals surface area contributed by atoms with Gasteiger partial charge in [-0.05, 0) is 43.3 Å². The average Bonchev–Trinajstić information content (AvgIpc) is 3.19. The van der Waals surface area contributed by atoms with Crippen molar-refractivity contribution in [3.8, 4) is 0 Å². The van der Waals surface area contributed by atoms with Crippen LogP contribution < -0.4 is 5.56 Å². The second-order valence-electron chi connectivity index (χ2n) is 6.36. The molecule has 0 aliphatic carbocycles. The van der Waals surface area contributed by atoms with E-state index in [1.54, 1.807) is 24.3 Å². The predicted molar refractivity (Wildman–Crippen MR) is 107 cm³/mol. The number of amides is 2. The van der Waals surface area contributed by atoms with Gasteiger partial charge < -0.3 is 4.98 Å². The Morgan fingerprint density at radius 1 is 1.07 bits per heavy atom. The number of nitrogens with one attached hydrogen (secondary N) is 1. The molecule has 27 heavy (non-hydrogen) atoms. The Balaban J connectivity index is 1.53. The Hall–Kier alpha value is -2.58. The molecule has 1 aliphatic rings. The van der Waals surface area contributed by atoms with E-state index in [4.69, 9.17) is 12.2 Å². The number of carbonyl (C=O) groups is 2. The van der Waals surface area contributed by atoms with Gasteiger partial charge in [0.1, 0.15) is 4.83 Å². The summed E-state index contributed by atoms with van der Waals surface area (Å²) in [7, 11) is 0. The molecule has 0 saturated heterocycles. The first-order chi connectivity index (χ1) is 13.0. The van der Waals surface area contributed by atoms with Gasteiger partial charge in [0.05, 0.1) is 16.5 Å². The second kappa shape index (κ2) is 6.86. The van der Waals surface area contributed by atoms with E-state index in [1.807, 2.05) is 13.0 Å². The van der Waals surface area contributed by atoms with Crippen LogP contribution in [0.1, 0.15) is 38.9 Å². The number of nitrogens with zero attached hydrogens (tertiary/aromatic N) is 2. The van der Waals surface area contributed by atoms with Crippen molar-refractivity contribution in [3.05, 3.63) is 61.5 Å². The highest BCUT2D eigenvalue weighted by Gasteiger charge is 2.34. The maximum absolute atomic E-state index is 12.7. The summed E-state index contributed by atoms with van der Waals surface area (Å²) in [6, 6.07) is 8.70. The maximum atomic E-state index is 12.7. The summed E-state index contributed by atoms with van der Waals surface area (Å²) >= 11 is 6.87. The molecule has 2 aromatic heterocycles. The number of rotatable bonds is 5. The van der Waals surface area contributed by atoms with Gasteiger partial charge in [0.25, 0.3) is 17.4 Å². The van der Waals surface area contributed by atoms with E-state index in [9.17, 15) is 14.4 Å². The molecule has 3 heterocycles. The molecule has 2 amide bonds. The molecule has 0 fully saturated rings. The molecule has 138 valence electrons. The Morgan fingerprint density at radius 3 is 2.37 bits per heavy atom. The van der Waals surface area contributed by atoms with Crippen LogP contribution in [-0.4, -0.2) is 32.8 Å². The molecular weight excluding hydrogens is 382 g/mol. The number of hydrogen-bond donors (Lipinski definition) is 1. The lowest BCUT2D eigenvalue weighted by molar-refractivity contribution is 0.0650. The lowest BCUT2D eigenvalue weighted by atomic mass is 10.1. The number of imide groups is 1. The fourth-order valence-corrected chi connectivity index (χ4v) is 4.63. The lowest BCUT2D eigenvalue weighted by Gasteiger charge is -2.14. The summed E-state index contributed by atoms with van der Waals surface area (Å²) in [5.41, 5.74) is 0.736. The number of thiophene rings is 1. The van der Waals surface area contributed by atoms with E-state index in [-0.39, 0.29) is 23.9 Å². The van der Waals surface area contributed by atoms with Crippen LogP contribution >= 0.6 is 23.6 Å². The van der Waals surface area contributed by atoms with Gasteiger partial charge in [-0.25, -0.2) is 0 Å². The molecule has 1 N–H and O–H groups in total. The van der Waals surface area contributed by atoms with E-state index in [1.165, 1.54) is 20.8 Å². The summed E-state index contributed by atoms with van der Waals surface area (Å²) in [6.07, 6.45) is 1.32. The minimum absolute atomic E-state index is 0.132. The van der Waals surface area contributed by atoms with Gasteiger partial charge in [0, 0.05) is 18.0 Å². The quantitative estimate of drug-likeness (QED) is 0.527. The van der Waals surface area contributed by atoms with Gasteiger partial charge >= 0.3 is 0 Å². The molecular formula is C19H17N3O3S2. The fraction of sp³-hybridized carbons (Fsp3) is 0.263. The number of aryl methyl sites for hydroxylation is 1. The van der Waals surface area contributed by atoms with Crippen molar-refractivity contribution < 1.29 is 9.59 Å². The third-order valence-electron chi connectivity index (χ3n) is 4.71. The minimum atomic E-state index is -0.283. The van der Waals surface area contributed by atoms with Crippen molar-refractivity contribution in [2.75, 3.05) is 6.54 Å². The van der Waals surface area contributed by atoms with Gasteiger partial charge in [0.15, 0.2) is 4.77 Å². The van der Waals surface area contributed by atoms with Crippen LogP contribution in [0.25, 0.3) is 10.2 Å². The third kappa shape index (κ3) is 2.94. The van der Waals surface area contributed by atoms with Crippen molar-refractivity contribution in [3.63, 3.8) is 0 Å². The van der Waals surface area contributed by atoms with Crippen molar-refractivity contribution in [1.82, 2.24) is 14.5 Å². The van der Waals surface area contributed by atoms with E-state index in [2.05, 4.69) is 4.98 Å². The number of aromatic nitrogens is 2. The molecule has 0 radical (unpaired) electrons. The van der Waals surface area contributed by atoms with Crippen LogP contribution in [0.5, 0.6) is 0 Å². The number of hydrogen-bond acceptors (Lipinski definition) is 5. The van der Waals surface area contributed by atoms with E-state index in [0.29, 0.717) is 34.2 Å². The summed E-state index contributed by atoms with van der Waals surface area (Å²) < 4.78 is 1.86. The molecule has 0 unspecified atom stereocenters. The number of H-pyrrole nitrogens is 1. The molecule has 4 rings (SSSR count). The Morgan fingerprint density at radius 2 is 1.74 bits per heavy atom. The Labute approximate surface area is 164 Å². The first-order valence-electron chi connectivity index (χ1n) is 8.72. The van der Waals surface area contributed by atoms with Gasteiger partial charge in [-0.1, -0.05) is 19.1 Å². The van der Waals surface area contributed by atoms with Gasteiger partial charge in [0.2, 0.25) is 0 Å². The summed E-state index contributed by atoms with van der Waals surface area (Å²) in [5, 5.41) is 0.631. The molecule has 1 aliphatic heterocycles. The van der Waals surface area contributed by atoms with Crippen LogP contribution in [-0.2, 0) is 13.0 Å². The zero-order valence-corrected chi connectivity index (χ0v) is 16.3. The lowest BCUT2D eigenvalue weighted by Crippen LogP contribution is -2.32. The van der Waals surface area contributed by atoms with Crippen molar-refractivity contribution in [1.29, 1.82) is 0 Å². The largest absolute Gasteiger partial charge is 0.323 e. The summed E-state index contributed by atoms with van der Waals surface area (Å²) in [4.78, 5) is 43.8. The molecule has 8 heteroatoms. The van der Waals surface area contributed by atoms with Crippen molar-refractivity contribution in [2.24, 2.45) is 0 Å². The van der Waals surface area contributed by atoms with Gasteiger partial charge in [-0.2, -0.15) is 0 Å². The van der Waals surface area contributed by atoms with E-state index < -0.39 is 0 Å². The van der Waals surface area contributed by atoms with Gasteiger partial charge in [-0.3, -0.25) is 23.9 Å². The Kier molecular flexibility index (Phi) is 4.53. The smallest absolute Gasteiger partial charge is 0.263 e. The van der Waals surface area contributed by atoms with Gasteiger partial charge in [-0.15, -0.1) is 11.3 Å². The second-order valence-corrected chi connectivity index (χ2v) is 7.88. The first kappa shape index (κ1) is 17.8. The summed E-state index contributed by atoms with van der Waals surface area (Å²) in [5.74, 6) is -0.567. The number of aromatic amines is 1. The number of benzene rings is 1.